The topological polar surface area (TPSA) is 125 Å². The lowest BCUT2D eigenvalue weighted by Gasteiger charge is -2.07. The summed E-state index contributed by atoms with van der Waals surface area (Å²) in [6.07, 6.45) is 1.48. The maximum Gasteiger partial charge on any atom is 0.199 e. The van der Waals surface area contributed by atoms with E-state index in [4.69, 9.17) is 16.2 Å². The third kappa shape index (κ3) is 4.20. The summed E-state index contributed by atoms with van der Waals surface area (Å²) in [5.74, 6) is 0.271. The Kier molecular flexibility index (Phi) is 5.18. The van der Waals surface area contributed by atoms with Crippen molar-refractivity contribution in [3.05, 3.63) is 71.2 Å². The molecule has 0 atom stereocenters. The van der Waals surface area contributed by atoms with Crippen LogP contribution in [0.4, 0.5) is 10.2 Å². The molecule has 1 heterocycles. The molecule has 3 aromatic rings. The average molecular weight is 354 g/mol. The van der Waals surface area contributed by atoms with Gasteiger partial charge in [-0.1, -0.05) is 30.3 Å². The molecular formula is C17H15FN6O2. The highest BCUT2D eigenvalue weighted by molar-refractivity contribution is 5.99. The molecule has 132 valence electrons. The summed E-state index contributed by atoms with van der Waals surface area (Å²) in [6.45, 7) is 0.122. The van der Waals surface area contributed by atoms with Gasteiger partial charge in [0.25, 0.3) is 0 Å². The van der Waals surface area contributed by atoms with Crippen LogP contribution in [0.3, 0.4) is 0 Å². The summed E-state index contributed by atoms with van der Waals surface area (Å²) < 4.78 is 23.6. The van der Waals surface area contributed by atoms with Gasteiger partial charge in [0.15, 0.2) is 17.3 Å². The van der Waals surface area contributed by atoms with Crippen molar-refractivity contribution >= 4 is 17.9 Å². The number of ether oxygens (including phenoxy) is 1. The number of hydrogen-bond acceptors (Lipinski definition) is 7. The molecule has 0 saturated heterocycles. The first kappa shape index (κ1) is 17.1. The second-order valence-electron chi connectivity index (χ2n) is 5.18. The van der Waals surface area contributed by atoms with Crippen molar-refractivity contribution < 1.29 is 13.8 Å². The lowest BCUT2D eigenvalue weighted by Crippen LogP contribution is -2.15. The van der Waals surface area contributed by atoms with E-state index in [1.54, 1.807) is 42.5 Å². The van der Waals surface area contributed by atoms with Crippen LogP contribution >= 0.6 is 0 Å². The van der Waals surface area contributed by atoms with Gasteiger partial charge < -0.3 is 16.2 Å². The first-order valence-corrected chi connectivity index (χ1v) is 7.54. The third-order valence-electron chi connectivity index (χ3n) is 3.34. The Morgan fingerprint density at radius 1 is 1.19 bits per heavy atom. The van der Waals surface area contributed by atoms with Crippen LogP contribution in [0.1, 0.15) is 16.8 Å². The Balaban J connectivity index is 1.65. The molecule has 0 aliphatic carbocycles. The molecule has 0 radical (unpaired) electrons. The first-order valence-electron chi connectivity index (χ1n) is 7.54. The maximum absolute atomic E-state index is 13.6. The van der Waals surface area contributed by atoms with Crippen molar-refractivity contribution in [2.45, 2.75) is 6.61 Å². The van der Waals surface area contributed by atoms with Gasteiger partial charge in [0.1, 0.15) is 18.2 Å². The molecule has 8 nitrogen and oxygen atoms in total. The fraction of sp³-hybridized carbons (Fsp3) is 0.0588. The Morgan fingerprint density at radius 2 is 2.04 bits per heavy atom. The van der Waals surface area contributed by atoms with Gasteiger partial charge in [-0.15, -0.1) is 5.10 Å². The van der Waals surface area contributed by atoms with Crippen molar-refractivity contribution in [2.24, 2.45) is 15.9 Å². The monoisotopic (exact) mass is 354 g/mol. The molecule has 4 N–H and O–H groups in total. The molecule has 0 spiro atoms. The molecule has 0 unspecified atom stereocenters. The predicted octanol–water partition coefficient (Wildman–Crippen LogP) is 2.11. The van der Waals surface area contributed by atoms with Gasteiger partial charge in [-0.2, -0.15) is 5.10 Å². The van der Waals surface area contributed by atoms with E-state index in [0.29, 0.717) is 11.3 Å². The van der Waals surface area contributed by atoms with Crippen molar-refractivity contribution in [3.8, 4) is 5.75 Å². The number of halogens is 1. The summed E-state index contributed by atoms with van der Waals surface area (Å²) in [6, 6.07) is 13.5. The van der Waals surface area contributed by atoms with Gasteiger partial charge in [-0.25, -0.2) is 9.02 Å². The van der Waals surface area contributed by atoms with E-state index < -0.39 is 0 Å². The minimum atomic E-state index is -0.309. The normalized spacial score (nSPS) is 11.8. The Bertz CT molecular complexity index is 954. The number of nitrogens with two attached hydrogens (primary N) is 2. The fourth-order valence-electron chi connectivity index (χ4n) is 2.04. The van der Waals surface area contributed by atoms with Crippen LogP contribution in [-0.2, 0) is 6.61 Å². The molecule has 2 aromatic carbocycles. The quantitative estimate of drug-likeness (QED) is 0.397. The van der Waals surface area contributed by atoms with Gasteiger partial charge in [0, 0.05) is 5.56 Å². The van der Waals surface area contributed by atoms with Gasteiger partial charge >= 0.3 is 0 Å². The van der Waals surface area contributed by atoms with Gasteiger partial charge in [0.2, 0.25) is 0 Å². The third-order valence-corrected chi connectivity index (χ3v) is 3.34. The Hall–Kier alpha value is -3.75. The van der Waals surface area contributed by atoms with Crippen molar-refractivity contribution in [2.75, 3.05) is 5.73 Å². The van der Waals surface area contributed by atoms with E-state index in [-0.39, 0.29) is 29.8 Å². The number of hydrogen-bond donors (Lipinski definition) is 2. The number of amidine groups is 1. The van der Waals surface area contributed by atoms with Crippen molar-refractivity contribution in [1.82, 2.24) is 10.3 Å². The summed E-state index contributed by atoms with van der Waals surface area (Å²) >= 11 is 0. The number of anilines is 1. The van der Waals surface area contributed by atoms with E-state index in [2.05, 4.69) is 25.1 Å². The second kappa shape index (κ2) is 7.88. The molecule has 1 aromatic heterocycles. The van der Waals surface area contributed by atoms with E-state index >= 15 is 0 Å². The van der Waals surface area contributed by atoms with Gasteiger partial charge in [-0.05, 0) is 34.1 Å². The van der Waals surface area contributed by atoms with Gasteiger partial charge in [-0.3, -0.25) is 0 Å². The summed E-state index contributed by atoms with van der Waals surface area (Å²) in [5, 5.41) is 14.6. The molecule has 0 aliphatic rings. The van der Waals surface area contributed by atoms with E-state index in [1.165, 1.54) is 12.3 Å². The SMILES string of the molecule is N/C(=N/N=C\c1cccc(OCc2ccccc2F)c1)c1nonc1N. The summed E-state index contributed by atoms with van der Waals surface area (Å²) in [4.78, 5) is 0. The Labute approximate surface area is 147 Å². The maximum atomic E-state index is 13.6. The minimum Gasteiger partial charge on any atom is -0.489 e. The van der Waals surface area contributed by atoms with Crippen molar-refractivity contribution in [3.63, 3.8) is 0 Å². The largest absolute Gasteiger partial charge is 0.489 e. The average Bonchev–Trinajstić information content (AvgIpc) is 3.07. The highest BCUT2D eigenvalue weighted by Crippen LogP contribution is 2.15. The van der Waals surface area contributed by atoms with Crippen molar-refractivity contribution in [1.29, 1.82) is 0 Å². The van der Waals surface area contributed by atoms with Crippen LogP contribution in [-0.4, -0.2) is 22.4 Å². The zero-order valence-corrected chi connectivity index (χ0v) is 13.5. The summed E-state index contributed by atoms with van der Waals surface area (Å²) in [5.41, 5.74) is 12.5. The van der Waals surface area contributed by atoms with E-state index in [9.17, 15) is 4.39 Å². The lowest BCUT2D eigenvalue weighted by atomic mass is 10.2. The fourth-order valence-corrected chi connectivity index (χ4v) is 2.04. The number of benzene rings is 2. The van der Waals surface area contributed by atoms with Gasteiger partial charge in [0.05, 0.1) is 6.21 Å². The summed E-state index contributed by atoms with van der Waals surface area (Å²) in [7, 11) is 0. The minimum absolute atomic E-state index is 0.0213. The number of nitrogens with zero attached hydrogens (tertiary/aromatic N) is 4. The Morgan fingerprint density at radius 3 is 2.81 bits per heavy atom. The van der Waals surface area contributed by atoms with E-state index in [0.717, 1.165) is 5.56 Å². The second-order valence-corrected chi connectivity index (χ2v) is 5.18. The van der Waals surface area contributed by atoms with Crippen LogP contribution in [0.2, 0.25) is 0 Å². The smallest absolute Gasteiger partial charge is 0.199 e. The molecule has 0 aliphatic heterocycles. The standard InChI is InChI=1S/C17H15FN6O2/c18-14-7-2-1-5-12(14)10-25-13-6-3-4-11(8-13)9-21-22-16(19)15-17(20)24-26-23-15/h1-9H,10H2,(H2,19,22)(H2,20,24)/b21-9-. The van der Waals surface area contributed by atoms with Crippen LogP contribution in [0.5, 0.6) is 5.75 Å². The van der Waals surface area contributed by atoms with Crippen LogP contribution in [0.25, 0.3) is 0 Å². The first-order chi connectivity index (χ1) is 12.6. The molecule has 26 heavy (non-hydrogen) atoms. The number of nitrogen functional groups attached to an aromatic ring is 1. The highest BCUT2D eigenvalue weighted by atomic mass is 19.1. The van der Waals surface area contributed by atoms with Crippen LogP contribution in [0.15, 0.2) is 63.4 Å². The lowest BCUT2D eigenvalue weighted by molar-refractivity contribution is 0.300. The predicted molar refractivity (Wildman–Crippen MR) is 94.2 cm³/mol. The highest BCUT2D eigenvalue weighted by Gasteiger charge is 2.09. The molecule has 3 rings (SSSR count). The zero-order chi connectivity index (χ0) is 18.4. The number of aromatic nitrogens is 2. The van der Waals surface area contributed by atoms with Crippen LogP contribution < -0.4 is 16.2 Å². The molecule has 0 fully saturated rings. The number of rotatable bonds is 6. The van der Waals surface area contributed by atoms with Crippen LogP contribution in [0, 0.1) is 5.82 Å². The molecule has 0 saturated carbocycles. The zero-order valence-electron chi connectivity index (χ0n) is 13.5. The molecule has 0 bridgehead atoms. The van der Waals surface area contributed by atoms with E-state index in [1.807, 2.05) is 0 Å². The molecule has 9 heteroatoms. The molecular weight excluding hydrogens is 339 g/mol. The molecule has 0 amide bonds.